The molecule has 8 heteroatoms. The van der Waals surface area contributed by atoms with E-state index in [2.05, 4.69) is 26.8 Å². The Bertz CT molecular complexity index is 1020. The Morgan fingerprint density at radius 1 is 1.13 bits per heavy atom. The lowest BCUT2D eigenvalue weighted by molar-refractivity contribution is 0.432. The molecular weight excluding hydrogens is 496 g/mol. The lowest BCUT2D eigenvalue weighted by Gasteiger charge is -2.15. The Kier molecular flexibility index (Phi) is 8.64. The van der Waals surface area contributed by atoms with Crippen LogP contribution < -0.4 is 10.6 Å². The highest BCUT2D eigenvalue weighted by molar-refractivity contribution is 14.0. The Hall–Kier alpha value is -2.62. The highest BCUT2D eigenvalue weighted by Crippen LogP contribution is 2.18. The highest BCUT2D eigenvalue weighted by Gasteiger charge is 2.09. The molecule has 3 rings (SSSR count). The van der Waals surface area contributed by atoms with Crippen LogP contribution in [0.4, 0.5) is 4.39 Å². The summed E-state index contributed by atoms with van der Waals surface area (Å²) in [4.78, 5) is 4.52. The van der Waals surface area contributed by atoms with Gasteiger partial charge in [-0.2, -0.15) is 5.10 Å². The molecule has 0 atom stereocenters. The van der Waals surface area contributed by atoms with E-state index in [0.29, 0.717) is 31.2 Å². The third-order valence-corrected chi connectivity index (χ3v) is 4.45. The monoisotopic (exact) mass is 523 g/mol. The van der Waals surface area contributed by atoms with Crippen LogP contribution in [0.5, 0.6) is 5.75 Å². The largest absolute Gasteiger partial charge is 0.505 e. The Morgan fingerprint density at radius 2 is 1.90 bits per heavy atom. The molecule has 0 amide bonds. The zero-order chi connectivity index (χ0) is 20.8. The minimum Gasteiger partial charge on any atom is -0.505 e. The molecule has 0 spiro atoms. The van der Waals surface area contributed by atoms with Gasteiger partial charge in [-0.1, -0.05) is 24.3 Å². The van der Waals surface area contributed by atoms with Crippen LogP contribution in [0, 0.1) is 19.7 Å². The fourth-order valence-corrected chi connectivity index (χ4v) is 3.08. The Balaban J connectivity index is 0.00000320. The molecule has 30 heavy (non-hydrogen) atoms. The van der Waals surface area contributed by atoms with E-state index in [1.807, 2.05) is 49.7 Å². The van der Waals surface area contributed by atoms with Crippen molar-refractivity contribution in [1.29, 1.82) is 0 Å². The van der Waals surface area contributed by atoms with Crippen molar-refractivity contribution in [3.63, 3.8) is 0 Å². The molecule has 6 nitrogen and oxygen atoms in total. The first-order chi connectivity index (χ1) is 14.0. The molecule has 0 bridgehead atoms. The summed E-state index contributed by atoms with van der Waals surface area (Å²) in [7, 11) is 0. The molecule has 3 N–H and O–H groups in total. The van der Waals surface area contributed by atoms with Crippen molar-refractivity contribution in [2.24, 2.45) is 4.99 Å². The number of benzene rings is 2. The first kappa shape index (κ1) is 23.7. The lowest BCUT2D eigenvalue weighted by atomic mass is 10.1. The third-order valence-electron chi connectivity index (χ3n) is 4.45. The van der Waals surface area contributed by atoms with Crippen LogP contribution in [0.2, 0.25) is 0 Å². The molecule has 0 fully saturated rings. The molecule has 160 valence electrons. The molecular formula is C22H27FIN5O. The zero-order valence-corrected chi connectivity index (χ0v) is 19.6. The maximum Gasteiger partial charge on any atom is 0.191 e. The molecule has 0 aliphatic heterocycles. The molecule has 1 heterocycles. The number of aryl methyl sites for hydroxylation is 2. The van der Waals surface area contributed by atoms with Gasteiger partial charge < -0.3 is 15.7 Å². The van der Waals surface area contributed by atoms with Gasteiger partial charge in [0.1, 0.15) is 0 Å². The highest BCUT2D eigenvalue weighted by atomic mass is 127. The number of halogens is 2. The predicted molar refractivity (Wildman–Crippen MR) is 128 cm³/mol. The van der Waals surface area contributed by atoms with Gasteiger partial charge in [-0.3, -0.25) is 0 Å². The zero-order valence-electron chi connectivity index (χ0n) is 17.3. The van der Waals surface area contributed by atoms with Crippen molar-refractivity contribution >= 4 is 29.9 Å². The number of aliphatic imine (C=N–C) groups is 1. The molecule has 0 saturated carbocycles. The molecule has 0 aliphatic rings. The summed E-state index contributed by atoms with van der Waals surface area (Å²) in [5.41, 5.74) is 4.83. The fraction of sp³-hybridized carbons (Fsp3) is 0.273. The van der Waals surface area contributed by atoms with Crippen molar-refractivity contribution in [2.45, 2.75) is 33.9 Å². The van der Waals surface area contributed by atoms with Crippen molar-refractivity contribution in [2.75, 3.05) is 6.54 Å². The summed E-state index contributed by atoms with van der Waals surface area (Å²) in [5.74, 6) is -0.373. The van der Waals surface area contributed by atoms with Crippen molar-refractivity contribution in [1.82, 2.24) is 20.4 Å². The van der Waals surface area contributed by atoms with Crippen molar-refractivity contribution < 1.29 is 9.50 Å². The van der Waals surface area contributed by atoms with E-state index in [4.69, 9.17) is 0 Å². The van der Waals surface area contributed by atoms with Gasteiger partial charge in [0, 0.05) is 18.8 Å². The number of para-hydroxylation sites is 1. The topological polar surface area (TPSA) is 74.5 Å². The normalized spacial score (nSPS) is 11.1. The number of guanidine groups is 1. The molecule has 0 radical (unpaired) electrons. The van der Waals surface area contributed by atoms with E-state index in [9.17, 15) is 9.50 Å². The van der Waals surface area contributed by atoms with E-state index in [-0.39, 0.29) is 29.7 Å². The predicted octanol–water partition coefficient (Wildman–Crippen LogP) is 4.21. The van der Waals surface area contributed by atoms with Gasteiger partial charge in [-0.25, -0.2) is 14.1 Å². The van der Waals surface area contributed by atoms with Gasteiger partial charge in [0.2, 0.25) is 0 Å². The summed E-state index contributed by atoms with van der Waals surface area (Å²) in [6, 6.07) is 14.4. The number of rotatable bonds is 6. The number of aromatic nitrogens is 2. The molecule has 3 aromatic rings. The number of hydrogen-bond acceptors (Lipinski definition) is 3. The number of hydrogen-bond donors (Lipinski definition) is 3. The van der Waals surface area contributed by atoms with Gasteiger partial charge in [-0.05, 0) is 56.2 Å². The summed E-state index contributed by atoms with van der Waals surface area (Å²) < 4.78 is 15.5. The van der Waals surface area contributed by atoms with Crippen LogP contribution in [0.25, 0.3) is 5.69 Å². The van der Waals surface area contributed by atoms with E-state index < -0.39 is 5.82 Å². The van der Waals surface area contributed by atoms with E-state index in [0.717, 1.165) is 22.6 Å². The maximum atomic E-state index is 13.5. The first-order valence-electron chi connectivity index (χ1n) is 9.59. The lowest BCUT2D eigenvalue weighted by Crippen LogP contribution is -2.37. The number of nitrogens with zero attached hydrogens (tertiary/aromatic N) is 3. The number of aromatic hydroxyl groups is 1. The van der Waals surface area contributed by atoms with E-state index in [1.54, 1.807) is 6.07 Å². The summed E-state index contributed by atoms with van der Waals surface area (Å²) in [6.07, 6.45) is 0. The average Bonchev–Trinajstić information content (AvgIpc) is 3.04. The quantitative estimate of drug-likeness (QED) is 0.257. The summed E-state index contributed by atoms with van der Waals surface area (Å²) in [5, 5.41) is 20.4. The molecule has 2 aromatic carbocycles. The van der Waals surface area contributed by atoms with Gasteiger partial charge in [-0.15, -0.1) is 24.0 Å². The van der Waals surface area contributed by atoms with Crippen LogP contribution in [0.1, 0.15) is 29.4 Å². The van der Waals surface area contributed by atoms with Crippen LogP contribution in [0.3, 0.4) is 0 Å². The van der Waals surface area contributed by atoms with E-state index >= 15 is 0 Å². The average molecular weight is 523 g/mol. The molecule has 0 aliphatic carbocycles. The second-order valence-corrected chi connectivity index (χ2v) is 6.80. The summed E-state index contributed by atoms with van der Waals surface area (Å²) >= 11 is 0. The number of nitrogens with one attached hydrogen (secondary N) is 2. The second-order valence-electron chi connectivity index (χ2n) is 6.80. The van der Waals surface area contributed by atoms with Gasteiger partial charge >= 0.3 is 0 Å². The number of phenolic OH excluding ortho intramolecular Hbond substituents is 1. The third kappa shape index (κ3) is 5.94. The molecule has 1 aromatic heterocycles. The van der Waals surface area contributed by atoms with Gasteiger partial charge in [0.25, 0.3) is 0 Å². The Morgan fingerprint density at radius 3 is 2.57 bits per heavy atom. The van der Waals surface area contributed by atoms with E-state index in [1.165, 1.54) is 12.1 Å². The van der Waals surface area contributed by atoms with Crippen LogP contribution in [0.15, 0.2) is 53.5 Å². The SMILES string of the molecule is CCNC(=NCc1ccc(O)c(F)c1)NCc1ccccc1-n1nc(C)cc1C.I. The van der Waals surface area contributed by atoms with Crippen LogP contribution >= 0.6 is 24.0 Å². The van der Waals surface area contributed by atoms with Gasteiger partial charge in [0.05, 0.1) is 17.9 Å². The maximum absolute atomic E-state index is 13.5. The second kappa shape index (κ2) is 11.0. The smallest absolute Gasteiger partial charge is 0.191 e. The Labute approximate surface area is 193 Å². The number of phenols is 1. The van der Waals surface area contributed by atoms with Crippen molar-refractivity contribution in [3.05, 3.63) is 76.9 Å². The standard InChI is InChI=1S/C22H26FN5O.HI/c1-4-24-22(25-13-17-9-10-21(29)19(23)12-17)26-14-18-7-5-6-8-20(18)28-16(3)11-15(2)27-28;/h5-12,29H,4,13-14H2,1-3H3,(H2,24,25,26);1H. The molecule has 0 unspecified atom stereocenters. The van der Waals surface area contributed by atoms with Crippen LogP contribution in [-0.4, -0.2) is 27.4 Å². The minimum atomic E-state index is -0.644. The van der Waals surface area contributed by atoms with Gasteiger partial charge in [0.15, 0.2) is 17.5 Å². The van der Waals surface area contributed by atoms with Crippen LogP contribution in [-0.2, 0) is 13.1 Å². The minimum absolute atomic E-state index is 0. The first-order valence-corrected chi connectivity index (χ1v) is 9.59. The summed E-state index contributed by atoms with van der Waals surface area (Å²) in [6.45, 7) is 7.56. The van der Waals surface area contributed by atoms with Crippen molar-refractivity contribution in [3.8, 4) is 11.4 Å². The fourth-order valence-electron chi connectivity index (χ4n) is 3.08. The molecule has 0 saturated heterocycles.